The minimum atomic E-state index is -0.0661. The Morgan fingerprint density at radius 3 is 3.12 bits per heavy atom. The van der Waals surface area contributed by atoms with Crippen molar-refractivity contribution < 1.29 is 4.79 Å². The predicted molar refractivity (Wildman–Crippen MR) is 70.8 cm³/mol. The zero-order valence-electron chi connectivity index (χ0n) is 9.58. The molecule has 0 saturated heterocycles. The van der Waals surface area contributed by atoms with Crippen LogP contribution in [0.15, 0.2) is 34.6 Å². The molecule has 0 unspecified atom stereocenters. The molecule has 2 rings (SSSR count). The van der Waals surface area contributed by atoms with Crippen molar-refractivity contribution in [2.45, 2.75) is 25.7 Å². The third kappa shape index (κ3) is 3.40. The van der Waals surface area contributed by atoms with Gasteiger partial charge in [0.1, 0.15) is 4.60 Å². The molecule has 17 heavy (non-hydrogen) atoms. The highest BCUT2D eigenvalue weighted by Crippen LogP contribution is 2.20. The number of pyridine rings is 1. The van der Waals surface area contributed by atoms with Crippen LogP contribution in [0.2, 0.25) is 0 Å². The summed E-state index contributed by atoms with van der Waals surface area (Å²) in [7, 11) is 0. The van der Waals surface area contributed by atoms with Crippen LogP contribution in [0, 0.1) is 0 Å². The van der Waals surface area contributed by atoms with Crippen molar-refractivity contribution in [3.05, 3.63) is 40.1 Å². The lowest BCUT2D eigenvalue weighted by Crippen LogP contribution is -2.25. The van der Waals surface area contributed by atoms with Crippen LogP contribution in [0.25, 0.3) is 0 Å². The van der Waals surface area contributed by atoms with Crippen molar-refractivity contribution in [1.29, 1.82) is 0 Å². The number of rotatable bonds is 4. The molecule has 90 valence electrons. The van der Waals surface area contributed by atoms with Gasteiger partial charge in [0.15, 0.2) is 0 Å². The van der Waals surface area contributed by atoms with E-state index in [2.05, 4.69) is 32.3 Å². The molecular formula is C13H15BrN2O. The van der Waals surface area contributed by atoms with E-state index in [1.165, 1.54) is 24.8 Å². The second kappa shape index (κ2) is 5.96. The highest BCUT2D eigenvalue weighted by molar-refractivity contribution is 9.10. The molecular weight excluding hydrogens is 280 g/mol. The number of nitrogens with one attached hydrogen (secondary N) is 1. The number of carbonyl (C=O) groups excluding carboxylic acids is 1. The maximum Gasteiger partial charge on any atom is 0.254 e. The van der Waals surface area contributed by atoms with Crippen molar-refractivity contribution in [2.24, 2.45) is 0 Å². The fourth-order valence-corrected chi connectivity index (χ4v) is 2.38. The Balaban J connectivity index is 1.83. The largest absolute Gasteiger partial charge is 0.352 e. The average molecular weight is 295 g/mol. The van der Waals surface area contributed by atoms with Crippen LogP contribution in [-0.4, -0.2) is 17.4 Å². The zero-order valence-corrected chi connectivity index (χ0v) is 11.2. The van der Waals surface area contributed by atoms with E-state index in [0.29, 0.717) is 16.7 Å². The van der Waals surface area contributed by atoms with Gasteiger partial charge >= 0.3 is 0 Å². The van der Waals surface area contributed by atoms with Crippen LogP contribution in [0.1, 0.15) is 36.0 Å². The summed E-state index contributed by atoms with van der Waals surface area (Å²) in [6, 6.07) is 3.53. The monoisotopic (exact) mass is 294 g/mol. The molecule has 1 aromatic rings. The van der Waals surface area contributed by atoms with E-state index in [0.717, 1.165) is 6.42 Å². The Labute approximate surface area is 109 Å². The molecule has 0 aliphatic heterocycles. The summed E-state index contributed by atoms with van der Waals surface area (Å²) in [4.78, 5) is 15.9. The summed E-state index contributed by atoms with van der Waals surface area (Å²) >= 11 is 3.27. The Morgan fingerprint density at radius 2 is 2.41 bits per heavy atom. The maximum absolute atomic E-state index is 11.8. The smallest absolute Gasteiger partial charge is 0.254 e. The van der Waals surface area contributed by atoms with Gasteiger partial charge in [0, 0.05) is 12.7 Å². The number of nitrogens with zero attached hydrogens (tertiary/aromatic N) is 1. The molecule has 1 N–H and O–H groups in total. The first-order chi connectivity index (χ1) is 8.27. The topological polar surface area (TPSA) is 42.0 Å². The van der Waals surface area contributed by atoms with Crippen LogP contribution in [0.5, 0.6) is 0 Å². The molecule has 1 heterocycles. The van der Waals surface area contributed by atoms with E-state index in [4.69, 9.17) is 0 Å². The molecule has 0 bridgehead atoms. The van der Waals surface area contributed by atoms with E-state index >= 15 is 0 Å². The minimum Gasteiger partial charge on any atom is -0.352 e. The van der Waals surface area contributed by atoms with Gasteiger partial charge in [-0.25, -0.2) is 4.98 Å². The van der Waals surface area contributed by atoms with Gasteiger partial charge < -0.3 is 5.32 Å². The summed E-state index contributed by atoms with van der Waals surface area (Å²) in [5.74, 6) is -0.0661. The molecule has 1 amide bonds. The first-order valence-electron chi connectivity index (χ1n) is 5.84. The molecule has 1 aromatic heterocycles. The quantitative estimate of drug-likeness (QED) is 0.685. The third-order valence-corrected chi connectivity index (χ3v) is 3.50. The van der Waals surface area contributed by atoms with Gasteiger partial charge in [-0.1, -0.05) is 11.6 Å². The van der Waals surface area contributed by atoms with Crippen molar-refractivity contribution in [3.63, 3.8) is 0 Å². The van der Waals surface area contributed by atoms with Gasteiger partial charge in [0.05, 0.1) is 5.56 Å². The number of allylic oxidation sites excluding steroid dienone is 1. The molecule has 0 radical (unpaired) electrons. The number of carbonyl (C=O) groups is 1. The molecule has 0 saturated carbocycles. The van der Waals surface area contributed by atoms with Crippen molar-refractivity contribution >= 4 is 21.8 Å². The number of aromatic nitrogens is 1. The van der Waals surface area contributed by atoms with Gasteiger partial charge in [0.25, 0.3) is 5.91 Å². The molecule has 1 aliphatic rings. The van der Waals surface area contributed by atoms with E-state index in [9.17, 15) is 4.79 Å². The van der Waals surface area contributed by atoms with E-state index in [1.807, 2.05) is 0 Å². The zero-order chi connectivity index (χ0) is 12.1. The number of hydrogen-bond acceptors (Lipinski definition) is 2. The molecule has 0 fully saturated rings. The third-order valence-electron chi connectivity index (χ3n) is 2.87. The van der Waals surface area contributed by atoms with Crippen LogP contribution in [-0.2, 0) is 0 Å². The standard InChI is InChI=1S/C13H15BrN2O/c14-12-11(6-3-8-15-12)13(17)16-9-7-10-4-1-2-5-10/h3-4,6,8H,1-2,5,7,9H2,(H,16,17). The van der Waals surface area contributed by atoms with Gasteiger partial charge in [0.2, 0.25) is 0 Å². The summed E-state index contributed by atoms with van der Waals surface area (Å²) in [5, 5.41) is 2.92. The molecule has 0 atom stereocenters. The Bertz CT molecular complexity index is 443. The van der Waals surface area contributed by atoms with Gasteiger partial charge in [-0.15, -0.1) is 0 Å². The SMILES string of the molecule is O=C(NCCC1=CCCC1)c1cccnc1Br. The van der Waals surface area contributed by atoms with Crippen molar-refractivity contribution in [3.8, 4) is 0 Å². The number of halogens is 1. The highest BCUT2D eigenvalue weighted by Gasteiger charge is 2.10. The summed E-state index contributed by atoms with van der Waals surface area (Å²) in [6.45, 7) is 0.700. The van der Waals surface area contributed by atoms with E-state index in [1.54, 1.807) is 18.3 Å². The molecule has 1 aliphatic carbocycles. The second-order valence-corrected chi connectivity index (χ2v) is 4.85. The predicted octanol–water partition coefficient (Wildman–Crippen LogP) is 3.07. The summed E-state index contributed by atoms with van der Waals surface area (Å²) in [5.41, 5.74) is 2.06. The van der Waals surface area contributed by atoms with E-state index in [-0.39, 0.29) is 5.91 Å². The highest BCUT2D eigenvalue weighted by atomic mass is 79.9. The lowest BCUT2D eigenvalue weighted by atomic mass is 10.1. The van der Waals surface area contributed by atoms with Gasteiger partial charge in [-0.2, -0.15) is 0 Å². The molecule has 0 aromatic carbocycles. The normalized spacial score (nSPS) is 14.5. The lowest BCUT2D eigenvalue weighted by molar-refractivity contribution is 0.0953. The van der Waals surface area contributed by atoms with Crippen LogP contribution >= 0.6 is 15.9 Å². The lowest BCUT2D eigenvalue weighted by Gasteiger charge is -2.06. The number of hydrogen-bond donors (Lipinski definition) is 1. The summed E-state index contributed by atoms with van der Waals surface area (Å²) in [6.07, 6.45) is 8.54. The van der Waals surface area contributed by atoms with Crippen LogP contribution in [0.3, 0.4) is 0 Å². The fraction of sp³-hybridized carbons (Fsp3) is 0.385. The average Bonchev–Trinajstić information content (AvgIpc) is 2.82. The van der Waals surface area contributed by atoms with Crippen molar-refractivity contribution in [2.75, 3.05) is 6.54 Å². The van der Waals surface area contributed by atoms with Crippen LogP contribution in [0.4, 0.5) is 0 Å². The molecule has 3 nitrogen and oxygen atoms in total. The van der Waals surface area contributed by atoms with Gasteiger partial charge in [-0.3, -0.25) is 4.79 Å². The van der Waals surface area contributed by atoms with E-state index < -0.39 is 0 Å². The van der Waals surface area contributed by atoms with Crippen molar-refractivity contribution in [1.82, 2.24) is 10.3 Å². The first kappa shape index (κ1) is 12.3. The Kier molecular flexibility index (Phi) is 4.31. The minimum absolute atomic E-state index is 0.0661. The molecule has 0 spiro atoms. The Morgan fingerprint density at radius 1 is 1.53 bits per heavy atom. The Hall–Kier alpha value is -1.16. The maximum atomic E-state index is 11.8. The summed E-state index contributed by atoms with van der Waals surface area (Å²) < 4.78 is 0.595. The molecule has 4 heteroatoms. The number of amides is 1. The second-order valence-electron chi connectivity index (χ2n) is 4.10. The first-order valence-corrected chi connectivity index (χ1v) is 6.63. The fourth-order valence-electron chi connectivity index (χ4n) is 1.95. The van der Waals surface area contributed by atoms with Crippen LogP contribution < -0.4 is 5.32 Å². The van der Waals surface area contributed by atoms with Gasteiger partial charge in [-0.05, 0) is 53.7 Å².